The van der Waals surface area contributed by atoms with Gasteiger partial charge >= 0.3 is 6.18 Å². The van der Waals surface area contributed by atoms with Gasteiger partial charge in [0.05, 0.1) is 11.8 Å². The van der Waals surface area contributed by atoms with E-state index in [1.807, 2.05) is 0 Å². The third-order valence-electron chi connectivity index (χ3n) is 5.66. The molecule has 2 aromatic carbocycles. The number of sulfonamides is 1. The van der Waals surface area contributed by atoms with Crippen LogP contribution in [-0.4, -0.2) is 31.2 Å². The molecule has 0 unspecified atom stereocenters. The summed E-state index contributed by atoms with van der Waals surface area (Å²) in [4.78, 5) is 12.8. The Bertz CT molecular complexity index is 1260. The number of rotatable bonds is 8. The summed E-state index contributed by atoms with van der Waals surface area (Å²) >= 11 is 0. The second-order valence-corrected chi connectivity index (χ2v) is 9.97. The molecule has 1 aliphatic heterocycles. The lowest BCUT2D eigenvalue weighted by atomic mass is 10.1. The normalized spacial score (nSPS) is 16.8. The maximum Gasteiger partial charge on any atom is 0.416 e. The van der Waals surface area contributed by atoms with E-state index in [-0.39, 0.29) is 24.6 Å². The fraction of sp³-hybridized carbons (Fsp3) is 0.292. The van der Waals surface area contributed by atoms with Crippen molar-refractivity contribution in [3.8, 4) is 5.75 Å². The van der Waals surface area contributed by atoms with Crippen molar-refractivity contribution in [1.29, 1.82) is 0 Å². The monoisotopic (exact) mass is 508 g/mol. The van der Waals surface area contributed by atoms with Gasteiger partial charge in [-0.25, -0.2) is 8.42 Å². The first-order valence-electron chi connectivity index (χ1n) is 10.8. The molecule has 4 rings (SSSR count). The van der Waals surface area contributed by atoms with E-state index in [1.54, 1.807) is 24.3 Å². The Morgan fingerprint density at radius 3 is 2.57 bits per heavy atom. The Morgan fingerprint density at radius 2 is 1.89 bits per heavy atom. The van der Waals surface area contributed by atoms with Crippen LogP contribution in [0.5, 0.6) is 5.75 Å². The van der Waals surface area contributed by atoms with Crippen LogP contribution < -0.4 is 10.1 Å². The van der Waals surface area contributed by atoms with E-state index < -0.39 is 33.7 Å². The van der Waals surface area contributed by atoms with E-state index in [0.29, 0.717) is 24.2 Å². The summed E-state index contributed by atoms with van der Waals surface area (Å²) in [5.74, 6) is 0.0901. The molecule has 1 fully saturated rings. The van der Waals surface area contributed by atoms with Gasteiger partial charge in [-0.15, -0.1) is 0 Å². The number of carbonyl (C=O) groups excluding carboxylic acids is 1. The molecule has 186 valence electrons. The third kappa shape index (κ3) is 5.85. The minimum absolute atomic E-state index is 0.00935. The number of nitrogens with zero attached hydrogens (tertiary/aromatic N) is 1. The molecule has 1 amide bonds. The molecular weight excluding hydrogens is 485 g/mol. The largest absolute Gasteiger partial charge is 0.489 e. The minimum atomic E-state index is -4.39. The van der Waals surface area contributed by atoms with E-state index in [9.17, 15) is 26.4 Å². The van der Waals surface area contributed by atoms with Crippen LogP contribution in [0.4, 0.5) is 13.2 Å². The lowest BCUT2D eigenvalue weighted by Crippen LogP contribution is -2.45. The summed E-state index contributed by atoms with van der Waals surface area (Å²) < 4.78 is 75.4. The summed E-state index contributed by atoms with van der Waals surface area (Å²) in [6, 6.07) is 12.2. The van der Waals surface area contributed by atoms with E-state index in [1.165, 1.54) is 28.8 Å². The molecule has 1 N–H and O–H groups in total. The number of halogens is 3. The Hall–Kier alpha value is -3.31. The SMILES string of the molecule is O=C(NCc1cccc(OCc2ccc(C(F)(F)F)cc2)c1)[C@@H]1CCCN1S(=O)(=O)c1ccoc1. The van der Waals surface area contributed by atoms with E-state index >= 15 is 0 Å². The molecule has 0 radical (unpaired) electrons. The molecular formula is C24H23F3N2O5S. The van der Waals surface area contributed by atoms with Gasteiger partial charge in [-0.1, -0.05) is 24.3 Å². The number of amides is 1. The van der Waals surface area contributed by atoms with Crippen LogP contribution >= 0.6 is 0 Å². The van der Waals surface area contributed by atoms with Crippen molar-refractivity contribution in [1.82, 2.24) is 9.62 Å². The molecule has 2 heterocycles. The Morgan fingerprint density at radius 1 is 1.11 bits per heavy atom. The zero-order valence-corrected chi connectivity index (χ0v) is 19.3. The van der Waals surface area contributed by atoms with Crippen molar-refractivity contribution in [2.75, 3.05) is 6.54 Å². The standard InChI is InChI=1S/C24H23F3N2O5S/c25-24(26,27)19-8-6-17(7-9-19)15-34-20-4-1-3-18(13-20)14-28-23(30)22-5-2-11-29(22)35(31,32)21-10-12-33-16-21/h1,3-4,6-10,12-13,16,22H,2,5,11,14-15H2,(H,28,30)/t22-/m0/s1. The zero-order valence-electron chi connectivity index (χ0n) is 18.5. The van der Waals surface area contributed by atoms with Crippen LogP contribution in [0.2, 0.25) is 0 Å². The first-order valence-corrected chi connectivity index (χ1v) is 12.3. The highest BCUT2D eigenvalue weighted by Gasteiger charge is 2.39. The highest BCUT2D eigenvalue weighted by atomic mass is 32.2. The van der Waals surface area contributed by atoms with Gasteiger partial charge in [-0.2, -0.15) is 17.5 Å². The quantitative estimate of drug-likeness (QED) is 0.489. The molecule has 1 atom stereocenters. The van der Waals surface area contributed by atoms with E-state index in [4.69, 9.17) is 9.15 Å². The van der Waals surface area contributed by atoms with Gasteiger partial charge < -0.3 is 14.5 Å². The maximum absolute atomic E-state index is 12.8. The van der Waals surface area contributed by atoms with Crippen molar-refractivity contribution < 1.29 is 35.5 Å². The number of ether oxygens (including phenoxy) is 1. The second-order valence-electron chi connectivity index (χ2n) is 8.08. The average Bonchev–Trinajstić information content (AvgIpc) is 3.54. The summed E-state index contributed by atoms with van der Waals surface area (Å²) in [7, 11) is -3.83. The van der Waals surface area contributed by atoms with Gasteiger partial charge in [-0.3, -0.25) is 4.79 Å². The van der Waals surface area contributed by atoms with Crippen molar-refractivity contribution in [2.24, 2.45) is 0 Å². The molecule has 1 saturated heterocycles. The van der Waals surface area contributed by atoms with Gasteiger partial charge in [0.15, 0.2) is 0 Å². The molecule has 7 nitrogen and oxygen atoms in total. The highest BCUT2D eigenvalue weighted by molar-refractivity contribution is 7.89. The maximum atomic E-state index is 12.8. The van der Waals surface area contributed by atoms with Crippen LogP contribution in [0.1, 0.15) is 29.5 Å². The van der Waals surface area contributed by atoms with Crippen molar-refractivity contribution in [2.45, 2.75) is 43.1 Å². The summed E-state index contributed by atoms with van der Waals surface area (Å²) in [5, 5.41) is 2.78. The Kier molecular flexibility index (Phi) is 7.18. The number of hydrogen-bond donors (Lipinski definition) is 1. The van der Waals surface area contributed by atoms with E-state index in [2.05, 4.69) is 5.32 Å². The van der Waals surface area contributed by atoms with Crippen molar-refractivity contribution >= 4 is 15.9 Å². The number of furan rings is 1. The van der Waals surface area contributed by atoms with Crippen LogP contribution in [0.3, 0.4) is 0 Å². The van der Waals surface area contributed by atoms with Crippen LogP contribution in [-0.2, 0) is 34.1 Å². The molecule has 3 aromatic rings. The molecule has 11 heteroatoms. The fourth-order valence-corrected chi connectivity index (χ4v) is 5.41. The topological polar surface area (TPSA) is 88.9 Å². The van der Waals surface area contributed by atoms with Crippen molar-refractivity contribution in [3.05, 3.63) is 83.8 Å². The lowest BCUT2D eigenvalue weighted by Gasteiger charge is -2.22. The predicted molar refractivity (Wildman–Crippen MR) is 120 cm³/mol. The lowest BCUT2D eigenvalue weighted by molar-refractivity contribution is -0.137. The third-order valence-corrected chi connectivity index (χ3v) is 7.54. The van der Waals surface area contributed by atoms with Crippen molar-refractivity contribution in [3.63, 3.8) is 0 Å². The second kappa shape index (κ2) is 10.1. The van der Waals surface area contributed by atoms with Gasteiger partial charge in [-0.05, 0) is 54.3 Å². The molecule has 1 aliphatic rings. The molecule has 0 bridgehead atoms. The van der Waals surface area contributed by atoms with Gasteiger partial charge in [0.1, 0.15) is 29.6 Å². The Balaban J connectivity index is 1.33. The molecule has 0 saturated carbocycles. The minimum Gasteiger partial charge on any atom is -0.489 e. The van der Waals surface area contributed by atoms with Gasteiger partial charge in [0, 0.05) is 13.1 Å². The van der Waals surface area contributed by atoms with Gasteiger partial charge in [0.2, 0.25) is 15.9 Å². The van der Waals surface area contributed by atoms with Crippen LogP contribution in [0, 0.1) is 0 Å². The first kappa shape index (κ1) is 24.8. The summed E-state index contributed by atoms with van der Waals surface area (Å²) in [6.45, 7) is 0.488. The summed E-state index contributed by atoms with van der Waals surface area (Å²) in [6.07, 6.45) is -0.998. The average molecular weight is 509 g/mol. The Labute approximate surface area is 200 Å². The first-order chi connectivity index (χ1) is 16.6. The van der Waals surface area contributed by atoms with E-state index in [0.717, 1.165) is 24.0 Å². The number of nitrogens with one attached hydrogen (secondary N) is 1. The molecule has 0 spiro atoms. The fourth-order valence-electron chi connectivity index (χ4n) is 3.83. The summed E-state index contributed by atoms with van der Waals surface area (Å²) in [5.41, 5.74) is 0.583. The van der Waals surface area contributed by atoms with Crippen LogP contribution in [0.25, 0.3) is 0 Å². The highest BCUT2D eigenvalue weighted by Crippen LogP contribution is 2.29. The molecule has 35 heavy (non-hydrogen) atoms. The van der Waals surface area contributed by atoms with Gasteiger partial charge in [0.25, 0.3) is 0 Å². The number of alkyl halides is 3. The predicted octanol–water partition coefficient (Wildman–Crippen LogP) is 4.35. The number of carbonyl (C=O) groups is 1. The smallest absolute Gasteiger partial charge is 0.416 e. The molecule has 1 aromatic heterocycles. The zero-order chi connectivity index (χ0) is 25.1. The number of benzene rings is 2. The van der Waals surface area contributed by atoms with Crippen LogP contribution in [0.15, 0.2) is 76.4 Å². The number of hydrogen-bond acceptors (Lipinski definition) is 5. The molecule has 0 aliphatic carbocycles.